The third-order valence-corrected chi connectivity index (χ3v) is 9.93. The average molecular weight is 575 g/mol. The van der Waals surface area contributed by atoms with Gasteiger partial charge in [0.2, 0.25) is 0 Å². The number of rotatable bonds is 7. The summed E-state index contributed by atoms with van der Waals surface area (Å²) in [5, 5.41) is 2.11. The fraction of sp³-hybridized carbons (Fsp3) is 0.243. The van der Waals surface area contributed by atoms with Crippen LogP contribution in [0.3, 0.4) is 0 Å². The second kappa shape index (κ2) is 10.6. The van der Waals surface area contributed by atoms with Crippen molar-refractivity contribution in [1.29, 1.82) is 0 Å². The Hall–Kier alpha value is -4.09. The van der Waals surface area contributed by atoms with E-state index in [0.717, 1.165) is 35.2 Å². The fourth-order valence-electron chi connectivity index (χ4n) is 6.02. The number of nitrogens with zero attached hydrogens (tertiary/aromatic N) is 2. The van der Waals surface area contributed by atoms with Crippen molar-refractivity contribution >= 4 is 31.8 Å². The number of benzene rings is 4. The monoisotopic (exact) mass is 574 g/mol. The molecule has 4 aromatic carbocycles. The van der Waals surface area contributed by atoms with E-state index in [2.05, 4.69) is 79.9 Å². The third kappa shape index (κ3) is 4.96. The highest BCUT2D eigenvalue weighted by Gasteiger charge is 2.25. The fourth-order valence-corrected chi connectivity index (χ4v) is 7.67. The molecule has 42 heavy (non-hydrogen) atoms. The number of aryl methyl sites for hydroxylation is 2. The molecule has 214 valence electrons. The summed E-state index contributed by atoms with van der Waals surface area (Å²) in [5.41, 5.74) is 7.39. The van der Waals surface area contributed by atoms with E-state index in [1.165, 1.54) is 26.1 Å². The van der Waals surface area contributed by atoms with E-state index in [0.29, 0.717) is 5.52 Å². The second-order valence-electron chi connectivity index (χ2n) is 12.5. The molecule has 0 saturated carbocycles. The molecular weight excluding hydrogens is 536 g/mol. The van der Waals surface area contributed by atoms with Crippen molar-refractivity contribution in [3.63, 3.8) is 0 Å². The summed E-state index contributed by atoms with van der Waals surface area (Å²) < 4.78 is 32.0. The van der Waals surface area contributed by atoms with Crippen LogP contribution in [0.1, 0.15) is 57.5 Å². The molecule has 5 heteroatoms. The van der Waals surface area contributed by atoms with Gasteiger partial charge in [0.15, 0.2) is 0 Å². The minimum atomic E-state index is -3.78. The summed E-state index contributed by atoms with van der Waals surface area (Å²) in [6, 6.07) is 36.4. The van der Waals surface area contributed by atoms with Gasteiger partial charge in [0, 0.05) is 39.6 Å². The Labute approximate surface area is 249 Å². The van der Waals surface area contributed by atoms with Crippen molar-refractivity contribution in [3.8, 4) is 11.1 Å². The van der Waals surface area contributed by atoms with Gasteiger partial charge in [0.1, 0.15) is 0 Å². The molecule has 0 spiro atoms. The van der Waals surface area contributed by atoms with E-state index in [1.54, 1.807) is 12.1 Å². The van der Waals surface area contributed by atoms with E-state index in [-0.39, 0.29) is 16.2 Å². The molecule has 6 rings (SSSR count). The maximum absolute atomic E-state index is 14.0. The number of aromatic nitrogens is 2. The van der Waals surface area contributed by atoms with Gasteiger partial charge in [-0.15, -0.1) is 0 Å². The predicted molar refractivity (Wildman–Crippen MR) is 175 cm³/mol. The SMILES string of the molecule is CC(C)c1cc2ccccc2n1S(=O)(=O)c1ccc(-c2cccc3c2cc(C(C)(C)C)n3CCc2ccccc2)cc1. The van der Waals surface area contributed by atoms with Crippen molar-refractivity contribution < 1.29 is 8.42 Å². The Bertz CT molecular complexity index is 1990. The lowest BCUT2D eigenvalue weighted by atomic mass is 9.91. The van der Waals surface area contributed by atoms with Crippen LogP contribution in [-0.4, -0.2) is 17.0 Å². The normalized spacial score (nSPS) is 12.5. The van der Waals surface area contributed by atoms with Gasteiger partial charge in [0.05, 0.1) is 10.4 Å². The standard InChI is InChI=1S/C37H38N2O2S/c1-26(2)35-24-29-14-9-10-16-33(29)39(35)42(40,41)30-20-18-28(19-21-30)31-15-11-17-34-32(31)25-36(37(3,4)5)38(34)23-22-27-12-7-6-8-13-27/h6-21,24-26H,22-23H2,1-5H3. The van der Waals surface area contributed by atoms with Crippen LogP contribution >= 0.6 is 0 Å². The quantitative estimate of drug-likeness (QED) is 0.191. The third-order valence-electron chi connectivity index (χ3n) is 8.17. The minimum Gasteiger partial charge on any atom is -0.344 e. The first-order valence-corrected chi connectivity index (χ1v) is 16.1. The zero-order valence-electron chi connectivity index (χ0n) is 25.0. The molecule has 2 aromatic heterocycles. The van der Waals surface area contributed by atoms with Gasteiger partial charge in [-0.3, -0.25) is 0 Å². The lowest BCUT2D eigenvalue weighted by Gasteiger charge is -2.22. The molecule has 0 atom stereocenters. The van der Waals surface area contributed by atoms with Gasteiger partial charge < -0.3 is 4.57 Å². The lowest BCUT2D eigenvalue weighted by molar-refractivity contribution is 0.523. The van der Waals surface area contributed by atoms with Gasteiger partial charge >= 0.3 is 0 Å². The molecule has 0 amide bonds. The molecule has 0 N–H and O–H groups in total. The van der Waals surface area contributed by atoms with Crippen LogP contribution in [0.5, 0.6) is 0 Å². The van der Waals surface area contributed by atoms with Crippen LogP contribution in [-0.2, 0) is 28.4 Å². The van der Waals surface area contributed by atoms with Crippen LogP contribution in [0, 0.1) is 0 Å². The smallest absolute Gasteiger partial charge is 0.268 e. The average Bonchev–Trinajstić information content (AvgIpc) is 3.56. The maximum Gasteiger partial charge on any atom is 0.268 e. The lowest BCUT2D eigenvalue weighted by Crippen LogP contribution is -2.18. The highest BCUT2D eigenvalue weighted by Crippen LogP contribution is 2.37. The van der Waals surface area contributed by atoms with Gasteiger partial charge in [-0.25, -0.2) is 12.4 Å². The zero-order chi connectivity index (χ0) is 29.6. The summed E-state index contributed by atoms with van der Waals surface area (Å²) in [5.74, 6) is 0.0620. The van der Waals surface area contributed by atoms with Gasteiger partial charge in [-0.05, 0) is 65.4 Å². The van der Waals surface area contributed by atoms with E-state index in [9.17, 15) is 8.42 Å². The summed E-state index contributed by atoms with van der Waals surface area (Å²) in [6.45, 7) is 11.7. The van der Waals surface area contributed by atoms with Gasteiger partial charge in [-0.1, -0.05) is 107 Å². The second-order valence-corrected chi connectivity index (χ2v) is 14.3. The molecule has 0 aliphatic rings. The molecule has 2 heterocycles. The topological polar surface area (TPSA) is 44.0 Å². The predicted octanol–water partition coefficient (Wildman–Crippen LogP) is 9.16. The van der Waals surface area contributed by atoms with Crippen LogP contribution in [0.2, 0.25) is 0 Å². The largest absolute Gasteiger partial charge is 0.344 e. The minimum absolute atomic E-state index is 0.0292. The maximum atomic E-state index is 14.0. The Morgan fingerprint density at radius 1 is 0.738 bits per heavy atom. The summed E-state index contributed by atoms with van der Waals surface area (Å²) in [4.78, 5) is 0.289. The van der Waals surface area contributed by atoms with Crippen molar-refractivity contribution in [2.75, 3.05) is 0 Å². The Balaban J connectivity index is 1.41. The molecule has 0 radical (unpaired) electrons. The van der Waals surface area contributed by atoms with Crippen LogP contribution in [0.25, 0.3) is 32.9 Å². The first kappa shape index (κ1) is 28.0. The number of hydrogen-bond acceptors (Lipinski definition) is 2. The summed E-state index contributed by atoms with van der Waals surface area (Å²) in [6.07, 6.45) is 0.955. The zero-order valence-corrected chi connectivity index (χ0v) is 25.8. The Kier molecular flexibility index (Phi) is 7.10. The van der Waals surface area contributed by atoms with Crippen molar-refractivity contribution in [1.82, 2.24) is 8.54 Å². The van der Waals surface area contributed by atoms with E-state index < -0.39 is 10.0 Å². The Morgan fingerprint density at radius 3 is 2.10 bits per heavy atom. The van der Waals surface area contributed by atoms with E-state index in [1.807, 2.05) is 56.3 Å². The van der Waals surface area contributed by atoms with Crippen molar-refractivity contribution in [2.45, 2.75) is 63.8 Å². The molecule has 6 aromatic rings. The van der Waals surface area contributed by atoms with Gasteiger partial charge in [-0.2, -0.15) is 0 Å². The molecule has 0 aliphatic carbocycles. The first-order chi connectivity index (χ1) is 20.1. The molecule has 0 aliphatic heterocycles. The molecule has 0 bridgehead atoms. The first-order valence-electron chi connectivity index (χ1n) is 14.7. The number of hydrogen-bond donors (Lipinski definition) is 0. The molecule has 0 unspecified atom stereocenters. The summed E-state index contributed by atoms with van der Waals surface area (Å²) in [7, 11) is -3.78. The van der Waals surface area contributed by atoms with Crippen LogP contribution < -0.4 is 0 Å². The van der Waals surface area contributed by atoms with Crippen molar-refractivity contribution in [3.05, 3.63) is 126 Å². The summed E-state index contributed by atoms with van der Waals surface area (Å²) >= 11 is 0. The van der Waals surface area contributed by atoms with Crippen LogP contribution in [0.15, 0.2) is 114 Å². The van der Waals surface area contributed by atoms with Crippen LogP contribution in [0.4, 0.5) is 0 Å². The number of fused-ring (bicyclic) bond motifs is 2. The Morgan fingerprint density at radius 2 is 1.40 bits per heavy atom. The van der Waals surface area contributed by atoms with Gasteiger partial charge in [0.25, 0.3) is 10.0 Å². The highest BCUT2D eigenvalue weighted by molar-refractivity contribution is 7.90. The highest BCUT2D eigenvalue weighted by atomic mass is 32.2. The van der Waals surface area contributed by atoms with E-state index in [4.69, 9.17) is 0 Å². The molecular formula is C37H38N2O2S. The van der Waals surface area contributed by atoms with Crippen molar-refractivity contribution in [2.24, 2.45) is 0 Å². The molecule has 0 saturated heterocycles. The van der Waals surface area contributed by atoms with E-state index >= 15 is 0 Å². The number of para-hydroxylation sites is 1. The molecule has 0 fully saturated rings. The molecule has 4 nitrogen and oxygen atoms in total.